The molecule has 2 atom stereocenters. The molecule has 0 saturated carbocycles. The molecule has 0 bridgehead atoms. The molecule has 2 aromatic carbocycles. The van der Waals surface area contributed by atoms with Crippen LogP contribution >= 0.6 is 0 Å². The average molecular weight is 378 g/mol. The topological polar surface area (TPSA) is 95.5 Å². The summed E-state index contributed by atoms with van der Waals surface area (Å²) in [7, 11) is 0. The molecule has 3 rings (SSSR count). The summed E-state index contributed by atoms with van der Waals surface area (Å²) >= 11 is 0. The van der Waals surface area contributed by atoms with Crippen LogP contribution in [0.25, 0.3) is 0 Å². The maximum atomic E-state index is 12.7. The lowest BCUT2D eigenvalue weighted by Gasteiger charge is -2.24. The largest absolute Gasteiger partial charge is 0.481 e. The molecule has 2 unspecified atom stereocenters. The number of anilines is 2. The quantitative estimate of drug-likeness (QED) is 0.689. The van der Waals surface area contributed by atoms with Gasteiger partial charge in [0.1, 0.15) is 0 Å². The van der Waals surface area contributed by atoms with Gasteiger partial charge in [-0.1, -0.05) is 42.0 Å². The zero-order valence-corrected chi connectivity index (χ0v) is 15.5. The minimum absolute atomic E-state index is 0.314. The second-order valence-electron chi connectivity index (χ2n) is 6.85. The summed E-state index contributed by atoms with van der Waals surface area (Å²) < 4.78 is 0. The molecule has 28 heavy (non-hydrogen) atoms. The van der Waals surface area contributed by atoms with Gasteiger partial charge in [0.2, 0.25) is 5.91 Å². The number of hydrogen-bond donors (Lipinski definition) is 3. The summed E-state index contributed by atoms with van der Waals surface area (Å²) in [6.07, 6.45) is 4.29. The van der Waals surface area contributed by atoms with Gasteiger partial charge in [-0.05, 0) is 44.0 Å². The number of carbonyl (C=O) groups is 3. The van der Waals surface area contributed by atoms with Crippen molar-refractivity contribution < 1.29 is 19.5 Å². The Kier molecular flexibility index (Phi) is 5.89. The number of rotatable bonds is 5. The molecule has 0 saturated heterocycles. The highest BCUT2D eigenvalue weighted by Crippen LogP contribution is 2.28. The molecule has 6 heteroatoms. The summed E-state index contributed by atoms with van der Waals surface area (Å²) in [5.74, 6) is -3.17. The van der Waals surface area contributed by atoms with Gasteiger partial charge in [-0.25, -0.2) is 0 Å². The number of carboxylic acid groups (broad SMARTS) is 1. The maximum absolute atomic E-state index is 12.7. The number of hydrogen-bond acceptors (Lipinski definition) is 3. The molecule has 2 amide bonds. The van der Waals surface area contributed by atoms with Crippen molar-refractivity contribution in [2.24, 2.45) is 11.8 Å². The van der Waals surface area contributed by atoms with E-state index >= 15 is 0 Å². The first-order chi connectivity index (χ1) is 13.5. The van der Waals surface area contributed by atoms with Crippen molar-refractivity contribution >= 4 is 29.2 Å². The zero-order chi connectivity index (χ0) is 20.1. The first-order valence-electron chi connectivity index (χ1n) is 9.11. The van der Waals surface area contributed by atoms with Gasteiger partial charge in [-0.3, -0.25) is 14.4 Å². The van der Waals surface area contributed by atoms with E-state index in [1.165, 1.54) is 0 Å². The molecule has 0 aromatic heterocycles. The molecule has 0 spiro atoms. The Morgan fingerprint density at radius 3 is 2.21 bits per heavy atom. The molecule has 144 valence electrons. The lowest BCUT2D eigenvalue weighted by Crippen LogP contribution is -2.35. The fourth-order valence-corrected chi connectivity index (χ4v) is 3.23. The highest BCUT2D eigenvalue weighted by atomic mass is 16.4. The van der Waals surface area contributed by atoms with Crippen LogP contribution < -0.4 is 10.6 Å². The van der Waals surface area contributed by atoms with Gasteiger partial charge in [0, 0.05) is 5.69 Å². The number of amides is 2. The normalized spacial score (nSPS) is 18.3. The van der Waals surface area contributed by atoms with Crippen LogP contribution in [0.5, 0.6) is 0 Å². The number of allylic oxidation sites excluding steroid dienone is 2. The van der Waals surface area contributed by atoms with Crippen LogP contribution in [0, 0.1) is 18.8 Å². The molecular formula is C22H22N2O4. The molecule has 1 aliphatic rings. The molecule has 0 fully saturated rings. The second-order valence-corrected chi connectivity index (χ2v) is 6.85. The van der Waals surface area contributed by atoms with E-state index in [2.05, 4.69) is 10.6 Å². The van der Waals surface area contributed by atoms with E-state index in [1.54, 1.807) is 42.5 Å². The molecular weight excluding hydrogens is 356 g/mol. The average Bonchev–Trinajstić information content (AvgIpc) is 2.70. The second kappa shape index (κ2) is 8.52. The number of nitrogens with one attached hydrogen (secondary N) is 2. The summed E-state index contributed by atoms with van der Waals surface area (Å²) in [4.78, 5) is 36.8. The Morgan fingerprint density at radius 1 is 0.893 bits per heavy atom. The van der Waals surface area contributed by atoms with Crippen LogP contribution in [0.3, 0.4) is 0 Å². The number of aliphatic carboxylic acids is 1. The van der Waals surface area contributed by atoms with E-state index in [1.807, 2.05) is 25.1 Å². The third kappa shape index (κ3) is 4.46. The van der Waals surface area contributed by atoms with E-state index in [9.17, 15) is 19.5 Å². The Hall–Kier alpha value is -3.41. The summed E-state index contributed by atoms with van der Waals surface area (Å²) in [5, 5.41) is 14.9. The van der Waals surface area contributed by atoms with Crippen LogP contribution in [0.2, 0.25) is 0 Å². The first kappa shape index (κ1) is 19.4. The number of carboxylic acids is 1. The smallest absolute Gasteiger partial charge is 0.307 e. The predicted octanol–water partition coefficient (Wildman–Crippen LogP) is 3.85. The van der Waals surface area contributed by atoms with E-state index in [4.69, 9.17) is 0 Å². The van der Waals surface area contributed by atoms with Gasteiger partial charge in [0.15, 0.2) is 0 Å². The third-order valence-electron chi connectivity index (χ3n) is 4.83. The van der Waals surface area contributed by atoms with E-state index in [0.29, 0.717) is 29.8 Å². The number of aryl methyl sites for hydroxylation is 1. The Bertz CT molecular complexity index is 918. The van der Waals surface area contributed by atoms with Crippen LogP contribution in [-0.2, 0) is 9.59 Å². The van der Waals surface area contributed by atoms with Crippen molar-refractivity contribution in [1.29, 1.82) is 0 Å². The molecule has 0 aliphatic heterocycles. The zero-order valence-electron chi connectivity index (χ0n) is 15.5. The first-order valence-corrected chi connectivity index (χ1v) is 9.11. The third-order valence-corrected chi connectivity index (χ3v) is 4.83. The lowest BCUT2D eigenvalue weighted by molar-refractivity contribution is -0.146. The molecule has 2 aromatic rings. The van der Waals surface area contributed by atoms with Crippen molar-refractivity contribution in [3.8, 4) is 0 Å². The Balaban J connectivity index is 1.77. The Labute approximate surface area is 163 Å². The molecule has 0 heterocycles. The van der Waals surface area contributed by atoms with Gasteiger partial charge < -0.3 is 15.7 Å². The number of benzene rings is 2. The molecule has 3 N–H and O–H groups in total. The summed E-state index contributed by atoms with van der Waals surface area (Å²) in [6.45, 7) is 1.96. The minimum atomic E-state index is -0.991. The highest BCUT2D eigenvalue weighted by Gasteiger charge is 2.34. The standard InChI is InChI=1S/C22H22N2O4/c1-14-10-12-15(13-11-14)23-21(26)18-8-4-5-9-19(18)24-20(25)16-6-2-3-7-17(16)22(27)28/h2-5,8-13,16-17H,6-7H2,1H3,(H,23,26)(H,24,25)(H,27,28). The van der Waals surface area contributed by atoms with Crippen LogP contribution in [-0.4, -0.2) is 22.9 Å². The van der Waals surface area contributed by atoms with E-state index in [-0.39, 0.29) is 5.91 Å². The molecule has 0 radical (unpaired) electrons. The number of carbonyl (C=O) groups excluding carboxylic acids is 2. The molecule has 1 aliphatic carbocycles. The van der Waals surface area contributed by atoms with Crippen molar-refractivity contribution in [2.45, 2.75) is 19.8 Å². The van der Waals surface area contributed by atoms with E-state index < -0.39 is 23.7 Å². The van der Waals surface area contributed by atoms with Crippen molar-refractivity contribution in [3.63, 3.8) is 0 Å². The lowest BCUT2D eigenvalue weighted by atomic mass is 9.82. The molecule has 6 nitrogen and oxygen atoms in total. The summed E-state index contributed by atoms with van der Waals surface area (Å²) in [6, 6.07) is 14.1. The van der Waals surface area contributed by atoms with Crippen LogP contribution in [0.15, 0.2) is 60.7 Å². The van der Waals surface area contributed by atoms with Crippen LogP contribution in [0.1, 0.15) is 28.8 Å². The highest BCUT2D eigenvalue weighted by molar-refractivity contribution is 6.10. The van der Waals surface area contributed by atoms with Crippen molar-refractivity contribution in [2.75, 3.05) is 10.6 Å². The SMILES string of the molecule is Cc1ccc(NC(=O)c2ccccc2NC(=O)C2CC=CCC2C(=O)O)cc1. The number of para-hydroxylation sites is 1. The van der Waals surface area contributed by atoms with Gasteiger partial charge >= 0.3 is 5.97 Å². The fraction of sp³-hybridized carbons (Fsp3) is 0.227. The Morgan fingerprint density at radius 2 is 1.54 bits per heavy atom. The monoisotopic (exact) mass is 378 g/mol. The van der Waals surface area contributed by atoms with Gasteiger partial charge in [0.25, 0.3) is 5.91 Å². The fourth-order valence-electron chi connectivity index (χ4n) is 3.23. The van der Waals surface area contributed by atoms with Gasteiger partial charge in [0.05, 0.1) is 23.1 Å². The van der Waals surface area contributed by atoms with Crippen LogP contribution in [0.4, 0.5) is 11.4 Å². The van der Waals surface area contributed by atoms with Crippen molar-refractivity contribution in [1.82, 2.24) is 0 Å². The minimum Gasteiger partial charge on any atom is -0.481 e. The van der Waals surface area contributed by atoms with Gasteiger partial charge in [-0.2, -0.15) is 0 Å². The van der Waals surface area contributed by atoms with Crippen molar-refractivity contribution in [3.05, 3.63) is 71.8 Å². The maximum Gasteiger partial charge on any atom is 0.307 e. The van der Waals surface area contributed by atoms with Gasteiger partial charge in [-0.15, -0.1) is 0 Å². The van der Waals surface area contributed by atoms with E-state index in [0.717, 1.165) is 5.56 Å². The summed E-state index contributed by atoms with van der Waals surface area (Å²) in [5.41, 5.74) is 2.41. The predicted molar refractivity (Wildman–Crippen MR) is 107 cm³/mol.